The third-order valence-corrected chi connectivity index (χ3v) is 6.75. The molecule has 0 saturated heterocycles. The minimum atomic E-state index is -4.89. The van der Waals surface area contributed by atoms with Crippen LogP contribution in [0.1, 0.15) is 41.6 Å². The summed E-state index contributed by atoms with van der Waals surface area (Å²) >= 11 is 0.984. The quantitative estimate of drug-likeness (QED) is 0.503. The number of esters is 1. The van der Waals surface area contributed by atoms with E-state index in [1.54, 1.807) is 42.9 Å². The zero-order valence-electron chi connectivity index (χ0n) is 20.4. The van der Waals surface area contributed by atoms with Crippen molar-refractivity contribution in [1.29, 1.82) is 0 Å². The molecule has 0 saturated carbocycles. The van der Waals surface area contributed by atoms with Crippen LogP contribution in [0.2, 0.25) is 0 Å². The van der Waals surface area contributed by atoms with Gasteiger partial charge in [-0.3, -0.25) is 9.78 Å². The lowest BCUT2D eigenvalue weighted by atomic mass is 9.89. The van der Waals surface area contributed by atoms with Crippen molar-refractivity contribution in [3.05, 3.63) is 87.4 Å². The number of allylic oxidation sites excluding steroid dienone is 1. The maximum atomic E-state index is 14.2. The van der Waals surface area contributed by atoms with Crippen molar-refractivity contribution >= 4 is 28.8 Å². The van der Waals surface area contributed by atoms with Crippen molar-refractivity contribution in [2.75, 3.05) is 6.61 Å². The van der Waals surface area contributed by atoms with Gasteiger partial charge in [0.15, 0.2) is 10.9 Å². The number of thioether (sulfide) groups is 1. The van der Waals surface area contributed by atoms with Gasteiger partial charge in [0.25, 0.3) is 0 Å². The third-order valence-electron chi connectivity index (χ3n) is 5.86. The van der Waals surface area contributed by atoms with Gasteiger partial charge in [0.05, 0.1) is 24.6 Å². The van der Waals surface area contributed by atoms with E-state index in [0.717, 1.165) is 22.9 Å². The van der Waals surface area contributed by atoms with Crippen LogP contribution in [0.3, 0.4) is 0 Å². The normalized spacial score (nSPS) is 17.2. The number of ether oxygens (including phenoxy) is 1. The molecule has 0 fully saturated rings. The molecular weight excluding hydrogens is 505 g/mol. The number of pyridine rings is 1. The summed E-state index contributed by atoms with van der Waals surface area (Å²) in [6.07, 6.45) is -1.75. The zero-order valence-corrected chi connectivity index (χ0v) is 21.2. The molecule has 11 heteroatoms. The zero-order chi connectivity index (χ0) is 26.7. The van der Waals surface area contributed by atoms with E-state index in [-0.39, 0.29) is 30.6 Å². The molecular formula is C26H25F3N4O3S. The van der Waals surface area contributed by atoms with Crippen LogP contribution in [0.4, 0.5) is 13.2 Å². The van der Waals surface area contributed by atoms with Gasteiger partial charge in [-0.15, -0.1) is 0 Å². The van der Waals surface area contributed by atoms with Crippen LogP contribution in [0.15, 0.2) is 70.1 Å². The maximum Gasteiger partial charge on any atom is 0.434 e. The van der Waals surface area contributed by atoms with Crippen LogP contribution in [-0.4, -0.2) is 39.7 Å². The van der Waals surface area contributed by atoms with E-state index in [9.17, 15) is 22.8 Å². The third kappa shape index (κ3) is 5.71. The number of alkyl halides is 3. The Bertz CT molecular complexity index is 1310. The first-order chi connectivity index (χ1) is 17.6. The Hall–Kier alpha value is -3.60. The Labute approximate surface area is 216 Å². The van der Waals surface area contributed by atoms with Crippen molar-refractivity contribution in [3.63, 3.8) is 0 Å². The van der Waals surface area contributed by atoms with Gasteiger partial charge >= 0.3 is 12.1 Å². The lowest BCUT2D eigenvalue weighted by Gasteiger charge is -2.37. The highest BCUT2D eigenvalue weighted by Gasteiger charge is 2.49. The van der Waals surface area contributed by atoms with Gasteiger partial charge in [-0.25, -0.2) is 9.79 Å². The Morgan fingerprint density at radius 3 is 2.68 bits per heavy atom. The van der Waals surface area contributed by atoms with Crippen LogP contribution in [0.25, 0.3) is 0 Å². The Kier molecular flexibility index (Phi) is 7.72. The number of hydrogen-bond donors (Lipinski definition) is 1. The van der Waals surface area contributed by atoms with Gasteiger partial charge in [-0.1, -0.05) is 41.6 Å². The summed E-state index contributed by atoms with van der Waals surface area (Å²) in [5.41, 5.74) is 1.36. The fraction of sp³-hybridized carbons (Fsp3) is 0.308. The number of halogens is 3. The average molecular weight is 531 g/mol. The number of aromatic nitrogens is 1. The molecule has 1 N–H and O–H groups in total. The van der Waals surface area contributed by atoms with E-state index in [4.69, 9.17) is 4.74 Å². The number of aryl methyl sites for hydroxylation is 2. The van der Waals surface area contributed by atoms with Crippen LogP contribution in [0.5, 0.6) is 0 Å². The van der Waals surface area contributed by atoms with Gasteiger partial charge in [-0.2, -0.15) is 13.2 Å². The number of aliphatic imine (C=N–C) groups is 1. The Balaban J connectivity index is 1.74. The lowest BCUT2D eigenvalue weighted by Crippen LogP contribution is -2.40. The van der Waals surface area contributed by atoms with Crippen LogP contribution in [0, 0.1) is 13.8 Å². The predicted octanol–water partition coefficient (Wildman–Crippen LogP) is 5.09. The molecule has 37 heavy (non-hydrogen) atoms. The minimum Gasteiger partial charge on any atom is -0.463 e. The van der Waals surface area contributed by atoms with Gasteiger partial charge in [0, 0.05) is 24.6 Å². The summed E-state index contributed by atoms with van der Waals surface area (Å²) in [6, 6.07) is 7.79. The number of amides is 1. The highest BCUT2D eigenvalue weighted by atomic mass is 32.2. The molecule has 2 aliphatic heterocycles. The van der Waals surface area contributed by atoms with Gasteiger partial charge in [0.1, 0.15) is 0 Å². The number of benzene rings is 1. The number of nitrogens with one attached hydrogen (secondary N) is 1. The molecule has 0 radical (unpaired) electrons. The summed E-state index contributed by atoms with van der Waals surface area (Å²) in [6.45, 7) is 5.27. The smallest absolute Gasteiger partial charge is 0.434 e. The standard InChI is InChI=1S/C26H25F3N4O3S/c1-4-36-24(35)21-22(19-10-15(2)7-8-16(19)3)33-18(14-37-25(33)32-23(21)26(27,28)29)11-20(34)31-13-17-6-5-9-30-12-17/h5-10,12,14,22H,4,11,13H2,1-3H3,(H,31,34)/t22-/m1/s1. The first kappa shape index (κ1) is 26.5. The number of nitrogens with zero attached hydrogens (tertiary/aromatic N) is 3. The summed E-state index contributed by atoms with van der Waals surface area (Å²) in [5.74, 6) is -1.43. The number of carbonyl (C=O) groups is 2. The molecule has 4 rings (SSSR count). The summed E-state index contributed by atoms with van der Waals surface area (Å²) in [4.78, 5) is 35.2. The second kappa shape index (κ2) is 10.8. The topological polar surface area (TPSA) is 83.9 Å². The highest BCUT2D eigenvalue weighted by Crippen LogP contribution is 2.48. The monoisotopic (exact) mass is 530 g/mol. The van der Waals surface area contributed by atoms with Gasteiger partial charge < -0.3 is 15.0 Å². The molecule has 0 spiro atoms. The SMILES string of the molecule is CCOC(=O)C1=C(C(F)(F)F)N=C2SC=C(CC(=O)NCc3cccnc3)N2[C@@H]1c1cc(C)ccc1C. The molecule has 2 aromatic rings. The van der Waals surface area contributed by atoms with Crippen molar-refractivity contribution < 1.29 is 27.5 Å². The van der Waals surface area contributed by atoms with Crippen molar-refractivity contribution in [1.82, 2.24) is 15.2 Å². The number of fused-ring (bicyclic) bond motifs is 1. The number of rotatable bonds is 7. The second-order valence-electron chi connectivity index (χ2n) is 8.55. The molecule has 194 valence electrons. The van der Waals surface area contributed by atoms with Crippen LogP contribution in [-0.2, 0) is 20.9 Å². The van der Waals surface area contributed by atoms with Crippen LogP contribution < -0.4 is 5.32 Å². The second-order valence-corrected chi connectivity index (χ2v) is 9.39. The molecule has 0 aliphatic carbocycles. The summed E-state index contributed by atoms with van der Waals surface area (Å²) in [5, 5.41) is 4.45. The molecule has 1 amide bonds. The first-order valence-electron chi connectivity index (χ1n) is 11.5. The fourth-order valence-electron chi connectivity index (χ4n) is 4.17. The van der Waals surface area contributed by atoms with E-state index < -0.39 is 29.5 Å². The molecule has 0 bridgehead atoms. The summed E-state index contributed by atoms with van der Waals surface area (Å²) < 4.78 is 47.7. The Morgan fingerprint density at radius 2 is 2.00 bits per heavy atom. The molecule has 1 aromatic heterocycles. The van der Waals surface area contributed by atoms with E-state index in [1.165, 1.54) is 11.8 Å². The van der Waals surface area contributed by atoms with Gasteiger partial charge in [-0.05, 0) is 48.9 Å². The van der Waals surface area contributed by atoms with E-state index >= 15 is 0 Å². The Morgan fingerprint density at radius 1 is 1.22 bits per heavy atom. The van der Waals surface area contributed by atoms with Crippen molar-refractivity contribution in [2.45, 2.75) is 46.0 Å². The number of amidine groups is 1. The molecule has 1 aromatic carbocycles. The number of carbonyl (C=O) groups excluding carboxylic acids is 2. The van der Waals surface area contributed by atoms with Crippen molar-refractivity contribution in [3.8, 4) is 0 Å². The molecule has 1 atom stereocenters. The average Bonchev–Trinajstić information content (AvgIpc) is 3.26. The fourth-order valence-corrected chi connectivity index (χ4v) is 5.09. The van der Waals surface area contributed by atoms with Gasteiger partial charge in [0.2, 0.25) is 5.91 Å². The van der Waals surface area contributed by atoms with E-state index in [2.05, 4.69) is 15.3 Å². The molecule has 0 unspecified atom stereocenters. The molecule has 3 heterocycles. The highest BCUT2D eigenvalue weighted by molar-refractivity contribution is 8.16. The van der Waals surface area contributed by atoms with E-state index in [1.807, 2.05) is 19.1 Å². The molecule has 2 aliphatic rings. The largest absolute Gasteiger partial charge is 0.463 e. The van der Waals surface area contributed by atoms with Crippen LogP contribution >= 0.6 is 11.8 Å². The maximum absolute atomic E-state index is 14.2. The lowest BCUT2D eigenvalue weighted by molar-refractivity contribution is -0.140. The van der Waals surface area contributed by atoms with Crippen molar-refractivity contribution in [2.24, 2.45) is 4.99 Å². The minimum absolute atomic E-state index is 0.0429. The first-order valence-corrected chi connectivity index (χ1v) is 12.4. The molecule has 7 nitrogen and oxygen atoms in total. The summed E-state index contributed by atoms with van der Waals surface area (Å²) in [7, 11) is 0. The van der Waals surface area contributed by atoms with E-state index in [0.29, 0.717) is 16.8 Å². The number of hydrogen-bond acceptors (Lipinski definition) is 7. The predicted molar refractivity (Wildman–Crippen MR) is 134 cm³/mol.